The van der Waals surface area contributed by atoms with Crippen LogP contribution < -0.4 is 0 Å². The lowest BCUT2D eigenvalue weighted by Gasteiger charge is -1.94. The van der Waals surface area contributed by atoms with E-state index in [1.807, 2.05) is 6.92 Å². The maximum atomic E-state index is 10.2. The fraction of sp³-hybridized carbons (Fsp3) is 0.571. The lowest BCUT2D eigenvalue weighted by Crippen LogP contribution is -1.97. The molecule has 0 radical (unpaired) electrons. The number of halogens is 1. The minimum atomic E-state index is -0.271. The normalized spacial score (nSPS) is 13.5. The number of carbonyl (C=O) groups excluding carboxylic acids is 1. The predicted octanol–water partition coefficient (Wildman–Crippen LogP) is 1.73. The van der Waals surface area contributed by atoms with E-state index in [9.17, 15) is 4.79 Å². The van der Waals surface area contributed by atoms with Gasteiger partial charge in [-0.15, -0.1) is 11.6 Å². The molecular weight excluding hydrogens is 152 g/mol. The fourth-order valence-corrected chi connectivity index (χ4v) is 0.511. The van der Waals surface area contributed by atoms with E-state index in [2.05, 4.69) is 4.74 Å². The van der Waals surface area contributed by atoms with Crippen LogP contribution in [0, 0.1) is 0 Å². The number of hydrogen-bond acceptors (Lipinski definition) is 2. The summed E-state index contributed by atoms with van der Waals surface area (Å²) in [5.74, 6) is -0.271. The zero-order valence-electron chi connectivity index (χ0n) is 6.13. The highest BCUT2D eigenvalue weighted by molar-refractivity contribution is 6.21. The van der Waals surface area contributed by atoms with Gasteiger partial charge in [-0.3, -0.25) is 4.79 Å². The van der Waals surface area contributed by atoms with Crippen LogP contribution in [0.25, 0.3) is 0 Å². The molecule has 0 rings (SSSR count). The van der Waals surface area contributed by atoms with E-state index < -0.39 is 0 Å². The number of esters is 1. The van der Waals surface area contributed by atoms with Crippen molar-refractivity contribution in [2.24, 2.45) is 0 Å². The average Bonchev–Trinajstić information content (AvgIpc) is 1.79. The van der Waals surface area contributed by atoms with Crippen molar-refractivity contribution in [3.8, 4) is 0 Å². The highest BCUT2D eigenvalue weighted by atomic mass is 35.5. The second-order valence-corrected chi connectivity index (χ2v) is 2.60. The van der Waals surface area contributed by atoms with Crippen molar-refractivity contribution in [3.63, 3.8) is 0 Å². The number of allylic oxidation sites excluding steroid dienone is 1. The van der Waals surface area contributed by atoms with E-state index in [1.165, 1.54) is 6.92 Å². The van der Waals surface area contributed by atoms with Crippen molar-refractivity contribution in [2.75, 3.05) is 6.61 Å². The quantitative estimate of drug-likeness (QED) is 0.359. The summed E-state index contributed by atoms with van der Waals surface area (Å²) in [7, 11) is 0. The van der Waals surface area contributed by atoms with Gasteiger partial charge in [0.15, 0.2) is 0 Å². The van der Waals surface area contributed by atoms with E-state index in [1.54, 1.807) is 12.2 Å². The molecule has 0 bridgehead atoms. The van der Waals surface area contributed by atoms with Gasteiger partial charge in [0, 0.05) is 12.3 Å². The summed E-state index contributed by atoms with van der Waals surface area (Å²) in [5, 5.41) is -0.00411. The summed E-state index contributed by atoms with van der Waals surface area (Å²) in [4.78, 5) is 10.2. The maximum absolute atomic E-state index is 10.2. The topological polar surface area (TPSA) is 26.3 Å². The van der Waals surface area contributed by atoms with Gasteiger partial charge in [-0.2, -0.15) is 0 Å². The van der Waals surface area contributed by atoms with Gasteiger partial charge in [0.05, 0.1) is 0 Å². The number of rotatable bonds is 3. The van der Waals surface area contributed by atoms with Crippen molar-refractivity contribution in [3.05, 3.63) is 12.2 Å². The summed E-state index contributed by atoms with van der Waals surface area (Å²) < 4.78 is 4.61. The molecule has 0 amide bonds. The maximum Gasteiger partial charge on any atom is 0.302 e. The Hall–Kier alpha value is -0.500. The van der Waals surface area contributed by atoms with Gasteiger partial charge in [-0.1, -0.05) is 6.08 Å². The Morgan fingerprint density at radius 2 is 2.40 bits per heavy atom. The molecule has 0 spiro atoms. The number of hydrogen-bond donors (Lipinski definition) is 0. The molecule has 2 nitrogen and oxygen atoms in total. The van der Waals surface area contributed by atoms with Crippen molar-refractivity contribution in [1.29, 1.82) is 0 Å². The third-order valence-electron chi connectivity index (χ3n) is 0.784. The van der Waals surface area contributed by atoms with Crippen LogP contribution in [0.15, 0.2) is 12.2 Å². The first-order valence-corrected chi connectivity index (χ1v) is 3.50. The monoisotopic (exact) mass is 162 g/mol. The first kappa shape index (κ1) is 9.50. The molecule has 58 valence electrons. The molecule has 0 aromatic carbocycles. The van der Waals surface area contributed by atoms with Crippen LogP contribution in [0.1, 0.15) is 13.8 Å². The van der Waals surface area contributed by atoms with E-state index in [0.29, 0.717) is 6.61 Å². The molecule has 0 aromatic rings. The van der Waals surface area contributed by atoms with Crippen LogP contribution in [0.4, 0.5) is 0 Å². The third kappa shape index (κ3) is 7.50. The molecule has 0 aromatic heterocycles. The van der Waals surface area contributed by atoms with E-state index in [4.69, 9.17) is 11.6 Å². The molecule has 0 heterocycles. The zero-order valence-corrected chi connectivity index (χ0v) is 6.89. The Bertz CT molecular complexity index is 130. The predicted molar refractivity (Wildman–Crippen MR) is 41.1 cm³/mol. The van der Waals surface area contributed by atoms with Gasteiger partial charge >= 0.3 is 5.97 Å². The van der Waals surface area contributed by atoms with Gasteiger partial charge < -0.3 is 4.74 Å². The minimum Gasteiger partial charge on any atom is -0.462 e. The molecule has 0 saturated carbocycles. The Labute approximate surface area is 65.8 Å². The molecule has 1 unspecified atom stereocenters. The van der Waals surface area contributed by atoms with Gasteiger partial charge in [0.1, 0.15) is 6.61 Å². The summed E-state index contributed by atoms with van der Waals surface area (Å²) in [6, 6.07) is 0. The molecular formula is C7H11ClO2. The highest BCUT2D eigenvalue weighted by Gasteiger charge is 1.88. The molecule has 0 aliphatic heterocycles. The van der Waals surface area contributed by atoms with Crippen molar-refractivity contribution in [1.82, 2.24) is 0 Å². The molecule has 0 aliphatic rings. The number of carbonyl (C=O) groups is 1. The molecule has 0 fully saturated rings. The Morgan fingerprint density at radius 3 is 2.80 bits per heavy atom. The summed E-state index contributed by atoms with van der Waals surface area (Å²) in [6.45, 7) is 3.52. The van der Waals surface area contributed by atoms with Gasteiger partial charge in [-0.05, 0) is 13.0 Å². The van der Waals surface area contributed by atoms with E-state index in [0.717, 1.165) is 0 Å². The Kier molecular flexibility index (Phi) is 5.03. The summed E-state index contributed by atoms with van der Waals surface area (Å²) in [5.41, 5.74) is 0. The first-order chi connectivity index (χ1) is 4.63. The van der Waals surface area contributed by atoms with E-state index >= 15 is 0 Å². The highest BCUT2D eigenvalue weighted by Crippen LogP contribution is 1.94. The lowest BCUT2D eigenvalue weighted by molar-refractivity contribution is -0.139. The van der Waals surface area contributed by atoms with Crippen LogP contribution in [-0.4, -0.2) is 18.0 Å². The minimum absolute atomic E-state index is 0.00411. The molecule has 1 atom stereocenters. The zero-order chi connectivity index (χ0) is 7.98. The third-order valence-corrected chi connectivity index (χ3v) is 0.930. The van der Waals surface area contributed by atoms with Crippen molar-refractivity contribution in [2.45, 2.75) is 19.2 Å². The molecule has 3 heteroatoms. The SMILES string of the molecule is CC(=O)OC/C=C/C(C)Cl. The fourth-order valence-electron chi connectivity index (χ4n) is 0.409. The second kappa shape index (κ2) is 5.30. The average molecular weight is 163 g/mol. The van der Waals surface area contributed by atoms with Crippen LogP contribution >= 0.6 is 11.6 Å². The van der Waals surface area contributed by atoms with Gasteiger partial charge in [0.25, 0.3) is 0 Å². The van der Waals surface area contributed by atoms with Crippen molar-refractivity contribution >= 4 is 17.6 Å². The van der Waals surface area contributed by atoms with Crippen LogP contribution in [-0.2, 0) is 9.53 Å². The standard InChI is InChI=1S/C7H11ClO2/c1-6(8)4-3-5-10-7(2)9/h3-4,6H,5H2,1-2H3/b4-3+. The molecule has 10 heavy (non-hydrogen) atoms. The Morgan fingerprint density at radius 1 is 1.80 bits per heavy atom. The largest absolute Gasteiger partial charge is 0.462 e. The first-order valence-electron chi connectivity index (χ1n) is 3.07. The van der Waals surface area contributed by atoms with E-state index in [-0.39, 0.29) is 11.3 Å². The lowest BCUT2D eigenvalue weighted by atomic mass is 10.4. The van der Waals surface area contributed by atoms with Crippen LogP contribution in [0.3, 0.4) is 0 Å². The second-order valence-electron chi connectivity index (χ2n) is 1.91. The number of ether oxygens (including phenoxy) is 1. The van der Waals surface area contributed by atoms with Crippen molar-refractivity contribution < 1.29 is 9.53 Å². The van der Waals surface area contributed by atoms with Gasteiger partial charge in [0.2, 0.25) is 0 Å². The smallest absolute Gasteiger partial charge is 0.302 e. The van der Waals surface area contributed by atoms with Crippen LogP contribution in [0.2, 0.25) is 0 Å². The molecule has 0 saturated heterocycles. The van der Waals surface area contributed by atoms with Gasteiger partial charge in [-0.25, -0.2) is 0 Å². The molecule has 0 aliphatic carbocycles. The summed E-state index contributed by atoms with van der Waals surface area (Å²) in [6.07, 6.45) is 3.49. The Balaban J connectivity index is 3.27. The number of alkyl halides is 1. The molecule has 0 N–H and O–H groups in total. The van der Waals surface area contributed by atoms with Crippen LogP contribution in [0.5, 0.6) is 0 Å². The summed E-state index contributed by atoms with van der Waals surface area (Å²) >= 11 is 5.57.